The molecule has 0 unspecified atom stereocenters. The van der Waals surface area contributed by atoms with Gasteiger partial charge in [-0.15, -0.1) is 0 Å². The van der Waals surface area contributed by atoms with E-state index in [9.17, 15) is 9.50 Å². The largest absolute Gasteiger partial charge is 0.499 e. The van der Waals surface area contributed by atoms with Crippen LogP contribution in [-0.4, -0.2) is 5.11 Å². The van der Waals surface area contributed by atoms with Crippen LogP contribution < -0.4 is 0 Å². The minimum Gasteiger partial charge on any atom is -0.499 e. The fourth-order valence-corrected chi connectivity index (χ4v) is 2.20. The van der Waals surface area contributed by atoms with Crippen LogP contribution in [0.2, 0.25) is 0 Å². The molecule has 0 amide bonds. The Hall–Kier alpha value is -1.09. The van der Waals surface area contributed by atoms with Gasteiger partial charge in [-0.25, -0.2) is 4.39 Å². The van der Waals surface area contributed by atoms with Gasteiger partial charge in [-0.05, 0) is 19.1 Å². The van der Waals surface area contributed by atoms with Crippen LogP contribution in [0.4, 0.5) is 4.39 Å². The van der Waals surface area contributed by atoms with Crippen LogP contribution in [0.15, 0.2) is 18.2 Å². The summed E-state index contributed by atoms with van der Waals surface area (Å²) in [5, 5.41) is 10.1. The lowest BCUT2D eigenvalue weighted by Crippen LogP contribution is -1.75. The van der Waals surface area contributed by atoms with E-state index < -0.39 is 0 Å². The number of hydrogen-bond acceptors (Lipinski definition) is 2. The molecular formula is C9H7FOS. The Morgan fingerprint density at radius 3 is 2.83 bits per heavy atom. The van der Waals surface area contributed by atoms with Crippen LogP contribution in [0.25, 0.3) is 10.1 Å². The van der Waals surface area contributed by atoms with Crippen LogP contribution in [-0.2, 0) is 0 Å². The van der Waals surface area contributed by atoms with Crippen molar-refractivity contribution < 1.29 is 9.50 Å². The van der Waals surface area contributed by atoms with Crippen molar-refractivity contribution in [2.24, 2.45) is 0 Å². The standard InChI is InChI=1S/C9H7FOS/c1-5-8-6(10)3-2-4-7(8)12-9(5)11/h2-4,11H,1H3. The van der Waals surface area contributed by atoms with E-state index >= 15 is 0 Å². The van der Waals surface area contributed by atoms with Gasteiger partial charge in [0.05, 0.1) is 0 Å². The van der Waals surface area contributed by atoms with Crippen LogP contribution in [0.3, 0.4) is 0 Å². The van der Waals surface area contributed by atoms with Gasteiger partial charge in [-0.1, -0.05) is 17.4 Å². The third-order valence-electron chi connectivity index (χ3n) is 1.88. The molecule has 3 heteroatoms. The molecule has 0 spiro atoms. The molecule has 2 aromatic rings. The van der Waals surface area contributed by atoms with Crippen LogP contribution in [0.1, 0.15) is 5.56 Å². The molecule has 62 valence electrons. The molecule has 2 rings (SSSR count). The Morgan fingerprint density at radius 1 is 1.42 bits per heavy atom. The number of thiophene rings is 1. The Morgan fingerprint density at radius 2 is 2.17 bits per heavy atom. The first kappa shape index (κ1) is 7.55. The maximum Gasteiger partial charge on any atom is 0.175 e. The molecule has 0 radical (unpaired) electrons. The monoisotopic (exact) mass is 182 g/mol. The highest BCUT2D eigenvalue weighted by molar-refractivity contribution is 7.20. The zero-order chi connectivity index (χ0) is 8.72. The molecular weight excluding hydrogens is 175 g/mol. The van der Waals surface area contributed by atoms with Crippen molar-refractivity contribution in [2.45, 2.75) is 6.92 Å². The van der Waals surface area contributed by atoms with Crippen molar-refractivity contribution in [3.8, 4) is 5.06 Å². The van der Waals surface area contributed by atoms with Crippen molar-refractivity contribution in [1.82, 2.24) is 0 Å². The third kappa shape index (κ3) is 0.898. The molecule has 1 heterocycles. The minimum atomic E-state index is -0.262. The first-order valence-electron chi connectivity index (χ1n) is 3.56. The molecule has 0 bridgehead atoms. The highest BCUT2D eigenvalue weighted by atomic mass is 32.1. The molecule has 0 fully saturated rings. The molecule has 1 aromatic carbocycles. The van der Waals surface area contributed by atoms with Crippen LogP contribution in [0, 0.1) is 12.7 Å². The summed E-state index contributed by atoms with van der Waals surface area (Å²) >= 11 is 1.21. The maximum atomic E-state index is 13.2. The van der Waals surface area contributed by atoms with E-state index in [1.165, 1.54) is 17.4 Å². The number of rotatable bonds is 0. The quantitative estimate of drug-likeness (QED) is 0.663. The Kier molecular flexibility index (Phi) is 1.54. The number of fused-ring (bicyclic) bond motifs is 1. The fourth-order valence-electron chi connectivity index (χ4n) is 1.24. The van der Waals surface area contributed by atoms with Gasteiger partial charge in [-0.3, -0.25) is 0 Å². The smallest absolute Gasteiger partial charge is 0.175 e. The molecule has 12 heavy (non-hydrogen) atoms. The summed E-state index contributed by atoms with van der Waals surface area (Å²) in [4.78, 5) is 0. The fraction of sp³-hybridized carbons (Fsp3) is 0.111. The van der Waals surface area contributed by atoms with Gasteiger partial charge < -0.3 is 5.11 Å². The average Bonchev–Trinajstić information content (AvgIpc) is 2.29. The maximum absolute atomic E-state index is 13.2. The molecule has 1 aromatic heterocycles. The predicted octanol–water partition coefficient (Wildman–Crippen LogP) is 3.05. The summed E-state index contributed by atoms with van der Waals surface area (Å²) in [7, 11) is 0. The van der Waals surface area contributed by atoms with Gasteiger partial charge in [-0.2, -0.15) is 0 Å². The van der Waals surface area contributed by atoms with Gasteiger partial charge in [0.2, 0.25) is 0 Å². The van der Waals surface area contributed by atoms with E-state index in [2.05, 4.69) is 0 Å². The van der Waals surface area contributed by atoms with Gasteiger partial charge in [0, 0.05) is 15.6 Å². The van der Waals surface area contributed by atoms with Gasteiger partial charge in [0.25, 0.3) is 0 Å². The van der Waals surface area contributed by atoms with E-state index in [0.717, 1.165) is 4.70 Å². The second kappa shape index (κ2) is 2.45. The number of hydrogen-bond donors (Lipinski definition) is 1. The summed E-state index contributed by atoms with van der Waals surface area (Å²) in [6.45, 7) is 1.72. The van der Waals surface area contributed by atoms with Crippen LogP contribution >= 0.6 is 11.3 Å². The second-order valence-corrected chi connectivity index (χ2v) is 3.68. The summed E-state index contributed by atoms with van der Waals surface area (Å²) in [5.41, 5.74) is 0.633. The van der Waals surface area contributed by atoms with Gasteiger partial charge in [0.1, 0.15) is 5.82 Å². The lowest BCUT2D eigenvalue weighted by Gasteiger charge is -1.92. The normalized spacial score (nSPS) is 10.8. The molecule has 1 N–H and O–H groups in total. The summed E-state index contributed by atoms with van der Waals surface area (Å²) < 4.78 is 14.0. The van der Waals surface area contributed by atoms with E-state index in [1.807, 2.05) is 0 Å². The Labute approximate surface area is 73.1 Å². The Balaban J connectivity index is 2.97. The van der Waals surface area contributed by atoms with Crippen molar-refractivity contribution >= 4 is 21.4 Å². The van der Waals surface area contributed by atoms with Crippen molar-refractivity contribution in [3.63, 3.8) is 0 Å². The second-order valence-electron chi connectivity index (χ2n) is 2.65. The number of benzene rings is 1. The topological polar surface area (TPSA) is 20.2 Å². The zero-order valence-corrected chi connectivity index (χ0v) is 7.28. The first-order chi connectivity index (χ1) is 5.70. The van der Waals surface area contributed by atoms with Crippen LogP contribution in [0.5, 0.6) is 5.06 Å². The first-order valence-corrected chi connectivity index (χ1v) is 4.38. The molecule has 0 saturated carbocycles. The van der Waals surface area contributed by atoms with E-state index in [1.54, 1.807) is 19.1 Å². The van der Waals surface area contributed by atoms with E-state index in [0.29, 0.717) is 10.9 Å². The molecule has 0 aliphatic rings. The third-order valence-corrected chi connectivity index (χ3v) is 2.94. The van der Waals surface area contributed by atoms with Crippen molar-refractivity contribution in [1.29, 1.82) is 0 Å². The highest BCUT2D eigenvalue weighted by Gasteiger charge is 2.09. The lowest BCUT2D eigenvalue weighted by molar-refractivity contribution is 0.487. The SMILES string of the molecule is Cc1c(O)sc2cccc(F)c12. The minimum absolute atomic E-state index is 0.204. The molecule has 1 nitrogen and oxygen atoms in total. The zero-order valence-electron chi connectivity index (χ0n) is 6.47. The Bertz CT molecular complexity index is 433. The van der Waals surface area contributed by atoms with Gasteiger partial charge in [0.15, 0.2) is 5.06 Å². The van der Waals surface area contributed by atoms with Crippen molar-refractivity contribution in [2.75, 3.05) is 0 Å². The van der Waals surface area contributed by atoms with E-state index in [4.69, 9.17) is 0 Å². The number of aryl methyl sites for hydroxylation is 1. The summed E-state index contributed by atoms with van der Waals surface area (Å²) in [6.07, 6.45) is 0. The molecule has 0 aliphatic carbocycles. The average molecular weight is 182 g/mol. The summed E-state index contributed by atoms with van der Waals surface area (Å²) in [5.74, 6) is -0.262. The lowest BCUT2D eigenvalue weighted by atomic mass is 10.2. The molecule has 0 saturated heterocycles. The predicted molar refractivity (Wildman–Crippen MR) is 48.2 cm³/mol. The highest BCUT2D eigenvalue weighted by Crippen LogP contribution is 2.36. The number of aromatic hydroxyl groups is 1. The molecule has 0 atom stereocenters. The number of halogens is 1. The summed E-state index contributed by atoms with van der Waals surface area (Å²) in [6, 6.07) is 4.85. The van der Waals surface area contributed by atoms with E-state index in [-0.39, 0.29) is 10.9 Å². The van der Waals surface area contributed by atoms with Gasteiger partial charge >= 0.3 is 0 Å². The van der Waals surface area contributed by atoms with Crippen molar-refractivity contribution in [3.05, 3.63) is 29.6 Å². The molecule has 0 aliphatic heterocycles.